The van der Waals surface area contributed by atoms with Gasteiger partial charge in [-0.15, -0.1) is 0 Å². The maximum absolute atomic E-state index is 5.94. The topological polar surface area (TPSA) is 26.0 Å². The van der Waals surface area contributed by atoms with E-state index in [2.05, 4.69) is 6.92 Å². The quantitative estimate of drug-likeness (QED) is 0.712. The molecule has 0 heterocycles. The van der Waals surface area contributed by atoms with Gasteiger partial charge in [0.15, 0.2) is 0 Å². The van der Waals surface area contributed by atoms with Gasteiger partial charge in [0.05, 0.1) is 0 Å². The molecule has 0 amide bonds. The van der Waals surface area contributed by atoms with Crippen LogP contribution in [-0.2, 0) is 0 Å². The van der Waals surface area contributed by atoms with E-state index in [-0.39, 0.29) is 0 Å². The van der Waals surface area contributed by atoms with Crippen molar-refractivity contribution in [3.05, 3.63) is 0 Å². The predicted octanol–water partition coefficient (Wildman–Crippen LogP) is 3.48. The Bertz CT molecular complexity index is 123. The van der Waals surface area contributed by atoms with Gasteiger partial charge in [0.25, 0.3) is 0 Å². The average Bonchev–Trinajstić information content (AvgIpc) is 2.10. The third-order valence-corrected chi connectivity index (χ3v) is 3.63. The molecule has 13 heavy (non-hydrogen) atoms. The Labute approximate surface area is 83.1 Å². The fraction of sp³-hybridized carbons (Fsp3) is 1.00. The van der Waals surface area contributed by atoms with Crippen molar-refractivity contribution in [1.82, 2.24) is 0 Å². The second-order valence-electron chi connectivity index (χ2n) is 4.72. The zero-order chi connectivity index (χ0) is 9.57. The maximum Gasteiger partial charge on any atom is -0.00205 e. The SMILES string of the molecule is CCCC1(CN)CCCCCCC1. The molecule has 0 atom stereocenters. The van der Waals surface area contributed by atoms with E-state index in [1.165, 1.54) is 57.8 Å². The highest BCUT2D eigenvalue weighted by Crippen LogP contribution is 2.37. The van der Waals surface area contributed by atoms with Crippen molar-refractivity contribution < 1.29 is 0 Å². The van der Waals surface area contributed by atoms with E-state index in [1.807, 2.05) is 0 Å². The first-order valence-corrected chi connectivity index (χ1v) is 6.03. The van der Waals surface area contributed by atoms with E-state index in [0.717, 1.165) is 6.54 Å². The minimum atomic E-state index is 0.523. The largest absolute Gasteiger partial charge is 0.330 e. The molecular formula is C12H25N. The summed E-state index contributed by atoms with van der Waals surface area (Å²) in [5, 5.41) is 0. The van der Waals surface area contributed by atoms with Gasteiger partial charge in [-0.25, -0.2) is 0 Å². The Morgan fingerprint density at radius 2 is 1.54 bits per heavy atom. The van der Waals surface area contributed by atoms with E-state index in [1.54, 1.807) is 0 Å². The van der Waals surface area contributed by atoms with Crippen LogP contribution in [0.25, 0.3) is 0 Å². The van der Waals surface area contributed by atoms with Crippen LogP contribution in [0.3, 0.4) is 0 Å². The highest BCUT2D eigenvalue weighted by molar-refractivity contribution is 4.81. The minimum Gasteiger partial charge on any atom is -0.330 e. The van der Waals surface area contributed by atoms with Crippen LogP contribution in [0.1, 0.15) is 64.7 Å². The molecule has 1 saturated carbocycles. The fourth-order valence-electron chi connectivity index (χ4n) is 2.74. The average molecular weight is 183 g/mol. The normalized spacial score (nSPS) is 23.5. The molecule has 0 aromatic rings. The zero-order valence-corrected chi connectivity index (χ0v) is 9.15. The molecule has 0 radical (unpaired) electrons. The third-order valence-electron chi connectivity index (χ3n) is 3.63. The van der Waals surface area contributed by atoms with E-state index >= 15 is 0 Å². The lowest BCUT2D eigenvalue weighted by Gasteiger charge is -2.34. The van der Waals surface area contributed by atoms with Gasteiger partial charge in [-0.2, -0.15) is 0 Å². The lowest BCUT2D eigenvalue weighted by Crippen LogP contribution is -2.31. The van der Waals surface area contributed by atoms with Crippen molar-refractivity contribution >= 4 is 0 Å². The lowest BCUT2D eigenvalue weighted by molar-refractivity contribution is 0.199. The van der Waals surface area contributed by atoms with Crippen LogP contribution < -0.4 is 5.73 Å². The van der Waals surface area contributed by atoms with Crippen molar-refractivity contribution in [3.63, 3.8) is 0 Å². The van der Waals surface area contributed by atoms with Crippen LogP contribution in [0.5, 0.6) is 0 Å². The summed E-state index contributed by atoms with van der Waals surface area (Å²) in [6, 6.07) is 0. The highest BCUT2D eigenvalue weighted by atomic mass is 14.6. The molecule has 0 unspecified atom stereocenters. The van der Waals surface area contributed by atoms with Crippen LogP contribution >= 0.6 is 0 Å². The zero-order valence-electron chi connectivity index (χ0n) is 9.15. The number of hydrogen-bond donors (Lipinski definition) is 1. The summed E-state index contributed by atoms with van der Waals surface area (Å²) in [5.74, 6) is 0. The molecule has 0 aromatic carbocycles. The number of hydrogen-bond acceptors (Lipinski definition) is 1. The molecule has 2 N–H and O–H groups in total. The Morgan fingerprint density at radius 1 is 1.00 bits per heavy atom. The van der Waals surface area contributed by atoms with Crippen LogP contribution in [-0.4, -0.2) is 6.54 Å². The van der Waals surface area contributed by atoms with Crippen molar-refractivity contribution in [1.29, 1.82) is 0 Å². The van der Waals surface area contributed by atoms with Crippen molar-refractivity contribution in [2.75, 3.05) is 6.54 Å². The molecule has 0 spiro atoms. The molecule has 1 aliphatic carbocycles. The molecule has 1 fully saturated rings. The number of nitrogens with two attached hydrogens (primary N) is 1. The van der Waals surface area contributed by atoms with Crippen LogP contribution in [0.4, 0.5) is 0 Å². The molecule has 0 aliphatic heterocycles. The summed E-state index contributed by atoms with van der Waals surface area (Å²) in [6.45, 7) is 3.21. The Kier molecular flexibility index (Phi) is 4.79. The summed E-state index contributed by atoms with van der Waals surface area (Å²) in [4.78, 5) is 0. The monoisotopic (exact) mass is 183 g/mol. The fourth-order valence-corrected chi connectivity index (χ4v) is 2.74. The molecule has 1 heteroatoms. The Hall–Kier alpha value is -0.0400. The standard InChI is InChI=1S/C12H25N/c1-2-8-12(11-13)9-6-4-3-5-7-10-12/h2-11,13H2,1H3. The van der Waals surface area contributed by atoms with Gasteiger partial charge in [-0.05, 0) is 31.2 Å². The summed E-state index contributed by atoms with van der Waals surface area (Å²) in [5.41, 5.74) is 6.47. The van der Waals surface area contributed by atoms with Crippen molar-refractivity contribution in [2.24, 2.45) is 11.1 Å². The van der Waals surface area contributed by atoms with Gasteiger partial charge in [0.1, 0.15) is 0 Å². The van der Waals surface area contributed by atoms with E-state index in [0.29, 0.717) is 5.41 Å². The number of rotatable bonds is 3. The van der Waals surface area contributed by atoms with E-state index in [4.69, 9.17) is 5.73 Å². The third kappa shape index (κ3) is 3.30. The van der Waals surface area contributed by atoms with Gasteiger partial charge in [-0.1, -0.05) is 45.4 Å². The molecule has 0 aromatic heterocycles. The molecule has 1 aliphatic rings. The van der Waals surface area contributed by atoms with Gasteiger partial charge in [0.2, 0.25) is 0 Å². The minimum absolute atomic E-state index is 0.523. The summed E-state index contributed by atoms with van der Waals surface area (Å²) >= 11 is 0. The summed E-state index contributed by atoms with van der Waals surface area (Å²) in [7, 11) is 0. The van der Waals surface area contributed by atoms with Gasteiger partial charge in [0, 0.05) is 0 Å². The smallest absolute Gasteiger partial charge is 0.00205 e. The predicted molar refractivity (Wildman–Crippen MR) is 58.7 cm³/mol. The second-order valence-corrected chi connectivity index (χ2v) is 4.72. The lowest BCUT2D eigenvalue weighted by atomic mass is 9.73. The summed E-state index contributed by atoms with van der Waals surface area (Å²) < 4.78 is 0. The molecular weight excluding hydrogens is 158 g/mol. The van der Waals surface area contributed by atoms with Crippen molar-refractivity contribution in [3.8, 4) is 0 Å². The van der Waals surface area contributed by atoms with Crippen LogP contribution in [0.2, 0.25) is 0 Å². The van der Waals surface area contributed by atoms with E-state index < -0.39 is 0 Å². The maximum atomic E-state index is 5.94. The van der Waals surface area contributed by atoms with Crippen LogP contribution in [0, 0.1) is 5.41 Å². The molecule has 78 valence electrons. The Balaban J connectivity index is 2.47. The molecule has 0 saturated heterocycles. The summed E-state index contributed by atoms with van der Waals surface area (Å²) in [6.07, 6.45) is 12.6. The molecule has 1 rings (SSSR count). The van der Waals surface area contributed by atoms with Gasteiger partial charge in [-0.3, -0.25) is 0 Å². The molecule has 1 nitrogen and oxygen atoms in total. The van der Waals surface area contributed by atoms with Crippen molar-refractivity contribution in [2.45, 2.75) is 64.7 Å². The van der Waals surface area contributed by atoms with Gasteiger partial charge < -0.3 is 5.73 Å². The molecule has 0 bridgehead atoms. The second kappa shape index (κ2) is 5.64. The first-order chi connectivity index (χ1) is 6.33. The first-order valence-electron chi connectivity index (χ1n) is 6.03. The Morgan fingerprint density at radius 3 is 2.00 bits per heavy atom. The first kappa shape index (κ1) is 11.0. The van der Waals surface area contributed by atoms with E-state index in [9.17, 15) is 0 Å². The highest BCUT2D eigenvalue weighted by Gasteiger charge is 2.27. The van der Waals surface area contributed by atoms with Gasteiger partial charge >= 0.3 is 0 Å². The van der Waals surface area contributed by atoms with Crippen LogP contribution in [0.15, 0.2) is 0 Å².